The van der Waals surface area contributed by atoms with Gasteiger partial charge in [0.15, 0.2) is 17.3 Å². The van der Waals surface area contributed by atoms with E-state index in [0.717, 1.165) is 0 Å². The van der Waals surface area contributed by atoms with E-state index in [2.05, 4.69) is 0 Å². The normalized spacial score (nSPS) is 12.6. The van der Waals surface area contributed by atoms with Gasteiger partial charge in [-0.05, 0) is 6.92 Å². The van der Waals surface area contributed by atoms with Gasteiger partial charge in [0.2, 0.25) is 0 Å². The number of halogens is 2. The largest absolute Gasteiger partial charge is 0.504 e. The molecule has 3 nitrogen and oxygen atoms in total. The van der Waals surface area contributed by atoms with Gasteiger partial charge in [-0.25, -0.2) is 4.39 Å². The molecule has 0 fully saturated rings. The Kier molecular flexibility index (Phi) is 3.18. The number of ether oxygens (including phenoxy) is 1. The second kappa shape index (κ2) is 4.02. The van der Waals surface area contributed by atoms with Crippen molar-refractivity contribution in [3.8, 4) is 11.5 Å². The predicted octanol–water partition coefficient (Wildman–Crippen LogP) is 2.21. The molecule has 3 N–H and O–H groups in total. The SMILES string of the molecule is COc1cc(Cl)c(F)c(C(C)N)c1O. The van der Waals surface area contributed by atoms with Crippen LogP contribution in [0, 0.1) is 5.82 Å². The highest BCUT2D eigenvalue weighted by Gasteiger charge is 2.20. The molecule has 0 spiro atoms. The Morgan fingerprint density at radius 2 is 2.21 bits per heavy atom. The van der Waals surface area contributed by atoms with Crippen molar-refractivity contribution < 1.29 is 14.2 Å². The average Bonchev–Trinajstić information content (AvgIpc) is 2.11. The molecular weight excluding hydrogens is 209 g/mol. The fraction of sp³-hybridized carbons (Fsp3) is 0.333. The predicted molar refractivity (Wildman–Crippen MR) is 52.2 cm³/mol. The lowest BCUT2D eigenvalue weighted by atomic mass is 10.1. The van der Waals surface area contributed by atoms with Crippen LogP contribution in [0.15, 0.2) is 6.07 Å². The topological polar surface area (TPSA) is 55.5 Å². The van der Waals surface area contributed by atoms with Crippen LogP contribution in [0.2, 0.25) is 5.02 Å². The third-order valence-corrected chi connectivity index (χ3v) is 2.14. The summed E-state index contributed by atoms with van der Waals surface area (Å²) < 4.78 is 18.2. The number of aromatic hydroxyl groups is 1. The molecule has 0 bridgehead atoms. The third-order valence-electron chi connectivity index (χ3n) is 1.87. The van der Waals surface area contributed by atoms with Crippen LogP contribution in [0.1, 0.15) is 18.5 Å². The molecule has 0 aromatic heterocycles. The Morgan fingerprint density at radius 3 is 2.64 bits per heavy atom. The quantitative estimate of drug-likeness (QED) is 0.802. The maximum absolute atomic E-state index is 13.4. The molecule has 1 aromatic rings. The van der Waals surface area contributed by atoms with Gasteiger partial charge in [0.05, 0.1) is 17.7 Å². The summed E-state index contributed by atoms with van der Waals surface area (Å²) in [4.78, 5) is 0. The minimum atomic E-state index is -0.708. The van der Waals surface area contributed by atoms with Crippen molar-refractivity contribution in [2.45, 2.75) is 13.0 Å². The number of phenolic OH excluding ortho intramolecular Hbond substituents is 1. The highest BCUT2D eigenvalue weighted by molar-refractivity contribution is 6.31. The Bertz CT molecular complexity index is 355. The van der Waals surface area contributed by atoms with E-state index in [4.69, 9.17) is 22.1 Å². The van der Waals surface area contributed by atoms with Gasteiger partial charge < -0.3 is 15.6 Å². The molecule has 78 valence electrons. The van der Waals surface area contributed by atoms with Crippen molar-refractivity contribution in [2.24, 2.45) is 5.73 Å². The van der Waals surface area contributed by atoms with E-state index in [1.54, 1.807) is 6.92 Å². The van der Waals surface area contributed by atoms with Crippen molar-refractivity contribution in [1.29, 1.82) is 0 Å². The van der Waals surface area contributed by atoms with Gasteiger partial charge in [0.1, 0.15) is 0 Å². The zero-order valence-electron chi connectivity index (χ0n) is 7.84. The maximum atomic E-state index is 13.4. The highest BCUT2D eigenvalue weighted by Crippen LogP contribution is 2.38. The lowest BCUT2D eigenvalue weighted by Crippen LogP contribution is -2.08. The number of hydrogen-bond acceptors (Lipinski definition) is 3. The maximum Gasteiger partial charge on any atom is 0.165 e. The first kappa shape index (κ1) is 11.1. The highest BCUT2D eigenvalue weighted by atomic mass is 35.5. The Labute approximate surface area is 86.2 Å². The second-order valence-electron chi connectivity index (χ2n) is 2.93. The molecule has 0 heterocycles. The van der Waals surface area contributed by atoms with Gasteiger partial charge in [-0.15, -0.1) is 0 Å². The summed E-state index contributed by atoms with van der Waals surface area (Å²) in [5, 5.41) is 9.44. The minimum absolute atomic E-state index is 0.0330. The molecular formula is C9H11ClFNO2. The van der Waals surface area contributed by atoms with Gasteiger partial charge in [-0.3, -0.25) is 0 Å². The summed E-state index contributed by atoms with van der Waals surface area (Å²) >= 11 is 5.59. The first-order chi connectivity index (χ1) is 6.49. The smallest absolute Gasteiger partial charge is 0.165 e. The van der Waals surface area contributed by atoms with Crippen LogP contribution in [0.5, 0.6) is 11.5 Å². The molecule has 1 atom stereocenters. The van der Waals surface area contributed by atoms with Crippen molar-refractivity contribution in [2.75, 3.05) is 7.11 Å². The Morgan fingerprint density at radius 1 is 1.64 bits per heavy atom. The Balaban J connectivity index is 3.45. The summed E-state index contributed by atoms with van der Waals surface area (Å²) in [7, 11) is 1.36. The van der Waals surface area contributed by atoms with Crippen molar-refractivity contribution >= 4 is 11.6 Å². The fourth-order valence-electron chi connectivity index (χ4n) is 1.18. The van der Waals surface area contributed by atoms with Crippen LogP contribution in [0.4, 0.5) is 4.39 Å². The molecule has 0 aliphatic rings. The number of benzene rings is 1. The number of methoxy groups -OCH3 is 1. The lowest BCUT2D eigenvalue weighted by molar-refractivity contribution is 0.365. The standard InChI is InChI=1S/C9H11ClFNO2/c1-4(12)7-8(11)5(10)3-6(14-2)9(7)13/h3-4,13H,12H2,1-2H3. The third kappa shape index (κ3) is 1.76. The van der Waals surface area contributed by atoms with Crippen LogP contribution in [-0.2, 0) is 0 Å². The first-order valence-electron chi connectivity index (χ1n) is 3.99. The molecule has 5 heteroatoms. The van der Waals surface area contributed by atoms with Crippen molar-refractivity contribution in [3.63, 3.8) is 0 Å². The van der Waals surface area contributed by atoms with E-state index in [0.29, 0.717) is 0 Å². The van der Waals surface area contributed by atoms with Crippen molar-refractivity contribution in [3.05, 3.63) is 22.5 Å². The van der Waals surface area contributed by atoms with Crippen LogP contribution >= 0.6 is 11.6 Å². The van der Waals surface area contributed by atoms with E-state index in [-0.39, 0.29) is 22.1 Å². The van der Waals surface area contributed by atoms with Crippen LogP contribution in [0.25, 0.3) is 0 Å². The monoisotopic (exact) mass is 219 g/mol. The van der Waals surface area contributed by atoms with Crippen molar-refractivity contribution in [1.82, 2.24) is 0 Å². The number of nitrogens with two attached hydrogens (primary N) is 1. The molecule has 0 amide bonds. The van der Waals surface area contributed by atoms with Gasteiger partial charge in [-0.2, -0.15) is 0 Å². The molecule has 1 aromatic carbocycles. The van der Waals surface area contributed by atoms with E-state index in [9.17, 15) is 9.50 Å². The first-order valence-corrected chi connectivity index (χ1v) is 4.37. The van der Waals surface area contributed by atoms with Crippen LogP contribution in [-0.4, -0.2) is 12.2 Å². The summed E-state index contributed by atoms with van der Waals surface area (Å²) in [6.07, 6.45) is 0. The molecule has 1 rings (SSSR count). The summed E-state index contributed by atoms with van der Waals surface area (Å²) in [5.41, 5.74) is 5.46. The molecule has 0 aliphatic carbocycles. The molecule has 14 heavy (non-hydrogen) atoms. The fourth-order valence-corrected chi connectivity index (χ4v) is 1.38. The van der Waals surface area contributed by atoms with E-state index in [1.165, 1.54) is 13.2 Å². The van der Waals surface area contributed by atoms with Crippen LogP contribution < -0.4 is 10.5 Å². The summed E-state index contributed by atoms with van der Waals surface area (Å²) in [6.45, 7) is 1.55. The lowest BCUT2D eigenvalue weighted by Gasteiger charge is -2.13. The number of phenols is 1. The van der Waals surface area contributed by atoms with Gasteiger partial charge >= 0.3 is 0 Å². The van der Waals surface area contributed by atoms with E-state index >= 15 is 0 Å². The van der Waals surface area contributed by atoms with Gasteiger partial charge in [0, 0.05) is 12.1 Å². The number of rotatable bonds is 2. The zero-order chi connectivity index (χ0) is 10.9. The number of hydrogen-bond donors (Lipinski definition) is 2. The average molecular weight is 220 g/mol. The summed E-state index contributed by atoms with van der Waals surface area (Å²) in [6, 6.07) is 0.556. The van der Waals surface area contributed by atoms with Gasteiger partial charge in [0.25, 0.3) is 0 Å². The van der Waals surface area contributed by atoms with E-state index in [1.807, 2.05) is 0 Å². The van der Waals surface area contributed by atoms with E-state index < -0.39 is 11.9 Å². The molecule has 0 saturated carbocycles. The summed E-state index contributed by atoms with van der Waals surface area (Å²) in [5.74, 6) is -0.895. The Hall–Kier alpha value is -1.00. The van der Waals surface area contributed by atoms with Crippen LogP contribution in [0.3, 0.4) is 0 Å². The molecule has 0 saturated heterocycles. The molecule has 0 radical (unpaired) electrons. The minimum Gasteiger partial charge on any atom is -0.504 e. The van der Waals surface area contributed by atoms with Gasteiger partial charge in [-0.1, -0.05) is 11.6 Å². The second-order valence-corrected chi connectivity index (χ2v) is 3.33. The molecule has 1 unspecified atom stereocenters. The molecule has 0 aliphatic heterocycles. The zero-order valence-corrected chi connectivity index (χ0v) is 8.60.